The lowest BCUT2D eigenvalue weighted by atomic mass is 9.83. The molecule has 0 spiro atoms. The molecule has 1 saturated carbocycles. The average Bonchev–Trinajstić information content (AvgIpc) is 3.73. The molecule has 1 heterocycles. The van der Waals surface area contributed by atoms with Crippen LogP contribution in [-0.4, -0.2) is 91.8 Å². The summed E-state index contributed by atoms with van der Waals surface area (Å²) < 4.78 is 76.1. The molecule has 11 atom stereocenters. The molecule has 1 aliphatic carbocycles. The van der Waals surface area contributed by atoms with Crippen molar-refractivity contribution in [2.75, 3.05) is 6.61 Å². The van der Waals surface area contributed by atoms with Crippen molar-refractivity contribution in [1.29, 1.82) is 0 Å². The molecule has 10 rings (SSSR count). The molecule has 1 saturated heterocycles. The van der Waals surface area contributed by atoms with Gasteiger partial charge in [0.05, 0.1) is 57.4 Å². The number of ether oxygens (including phenoxy) is 11. The van der Waals surface area contributed by atoms with Crippen molar-refractivity contribution in [3.05, 3.63) is 287 Å². The monoisotopic (exact) mass is 1130 g/mol. The fraction of sp³-hybridized carbons (Fsp3) is 0.271. The van der Waals surface area contributed by atoms with Crippen LogP contribution >= 0.6 is 0 Å². The van der Waals surface area contributed by atoms with Crippen LogP contribution in [0.2, 0.25) is 0 Å². The fourth-order valence-corrected chi connectivity index (χ4v) is 10.3. The van der Waals surface area contributed by atoms with Crippen molar-refractivity contribution in [2.45, 2.75) is 114 Å². The van der Waals surface area contributed by atoms with Gasteiger partial charge in [0.2, 0.25) is 0 Å². The maximum absolute atomic E-state index is 14.7. The van der Waals surface area contributed by atoms with Gasteiger partial charge in [0.15, 0.2) is 24.6 Å². The molecule has 14 heteroatoms. The average molecular weight is 1130 g/mol. The summed E-state index contributed by atoms with van der Waals surface area (Å²) in [5.41, 5.74) is 5.51. The Kier molecular flexibility index (Phi) is 21.4. The highest BCUT2D eigenvalue weighted by atomic mass is 16.7. The lowest BCUT2D eigenvalue weighted by Crippen LogP contribution is -2.70. The highest BCUT2D eigenvalue weighted by Gasteiger charge is 2.60. The number of hydrogen-bond donors (Lipinski definition) is 0. The van der Waals surface area contributed by atoms with Crippen molar-refractivity contribution >= 4 is 17.9 Å². The Hall–Kier alpha value is -8.15. The third-order valence-electron chi connectivity index (χ3n) is 14.5. The SMILES string of the molecule is CC(=O)O[C@H]1[C@H](OC(=O)c2ccccc2)[C@H](OC(=O)c2ccccc2)[C@H](OCc2ccccc2)[C@@H](OCc2ccccc2)[C@@H]1O[C@H]1O[C@H](COCc2ccccc2)[C@H](OCc2ccccc2)[C@H](OCc2ccccc2)[C@H]1OCc1ccccc1. The second kappa shape index (κ2) is 30.4. The number of esters is 3. The van der Waals surface area contributed by atoms with Crippen LogP contribution in [-0.2, 0) is 96.5 Å². The summed E-state index contributed by atoms with van der Waals surface area (Å²) in [6, 6.07) is 74.7. The van der Waals surface area contributed by atoms with E-state index in [1.165, 1.54) is 6.92 Å². The van der Waals surface area contributed by atoms with E-state index in [1.54, 1.807) is 60.7 Å². The molecule has 8 aromatic rings. The van der Waals surface area contributed by atoms with Crippen LogP contribution in [0.15, 0.2) is 243 Å². The predicted molar refractivity (Wildman–Crippen MR) is 312 cm³/mol. The molecule has 2 fully saturated rings. The predicted octanol–water partition coefficient (Wildman–Crippen LogP) is 11.6. The van der Waals surface area contributed by atoms with Crippen LogP contribution < -0.4 is 0 Å². The second-order valence-electron chi connectivity index (χ2n) is 20.5. The molecule has 8 aromatic carbocycles. The van der Waals surface area contributed by atoms with E-state index in [1.807, 2.05) is 182 Å². The summed E-state index contributed by atoms with van der Waals surface area (Å²) in [5, 5.41) is 0. The third kappa shape index (κ3) is 16.3. The van der Waals surface area contributed by atoms with Gasteiger partial charge in [-0.2, -0.15) is 0 Å². The number of benzene rings is 8. The number of hydrogen-bond acceptors (Lipinski definition) is 14. The van der Waals surface area contributed by atoms with Gasteiger partial charge >= 0.3 is 17.9 Å². The van der Waals surface area contributed by atoms with Crippen LogP contribution in [0.25, 0.3) is 0 Å². The van der Waals surface area contributed by atoms with Gasteiger partial charge in [-0.3, -0.25) is 4.79 Å². The van der Waals surface area contributed by atoms with E-state index in [-0.39, 0.29) is 57.4 Å². The molecule has 1 aliphatic heterocycles. The number of carbonyl (C=O) groups excluding carboxylic acids is 3. The Morgan fingerprint density at radius 1 is 0.321 bits per heavy atom. The second-order valence-corrected chi connectivity index (χ2v) is 20.5. The van der Waals surface area contributed by atoms with E-state index < -0.39 is 85.2 Å². The van der Waals surface area contributed by atoms with Crippen LogP contribution in [0.4, 0.5) is 0 Å². The van der Waals surface area contributed by atoms with E-state index in [0.717, 1.165) is 33.4 Å². The highest BCUT2D eigenvalue weighted by Crippen LogP contribution is 2.40. The smallest absolute Gasteiger partial charge is 0.338 e. The first-order valence-electron chi connectivity index (χ1n) is 28.2. The van der Waals surface area contributed by atoms with Gasteiger partial charge in [-0.15, -0.1) is 0 Å². The van der Waals surface area contributed by atoms with Crippen LogP contribution in [0.1, 0.15) is 61.0 Å². The Morgan fingerprint density at radius 2 is 0.607 bits per heavy atom. The van der Waals surface area contributed by atoms with Crippen LogP contribution in [0.3, 0.4) is 0 Å². The largest absolute Gasteiger partial charge is 0.456 e. The molecule has 0 N–H and O–H groups in total. The van der Waals surface area contributed by atoms with Crippen LogP contribution in [0, 0.1) is 0 Å². The van der Waals surface area contributed by atoms with Crippen LogP contribution in [0.5, 0.6) is 0 Å². The topological polar surface area (TPSA) is 153 Å². The van der Waals surface area contributed by atoms with E-state index in [2.05, 4.69) is 0 Å². The molecule has 84 heavy (non-hydrogen) atoms. The van der Waals surface area contributed by atoms with Gasteiger partial charge in [-0.25, -0.2) is 9.59 Å². The zero-order valence-electron chi connectivity index (χ0n) is 46.6. The summed E-state index contributed by atoms with van der Waals surface area (Å²) in [5.74, 6) is -2.33. The Labute approximate surface area is 490 Å². The summed E-state index contributed by atoms with van der Waals surface area (Å²) in [7, 11) is 0. The molecule has 2 aliphatic rings. The lowest BCUT2D eigenvalue weighted by molar-refractivity contribution is -0.360. The Bertz CT molecular complexity index is 3220. The minimum atomic E-state index is -1.61. The summed E-state index contributed by atoms with van der Waals surface area (Å²) in [4.78, 5) is 43.1. The maximum atomic E-state index is 14.7. The van der Waals surface area contributed by atoms with Gasteiger partial charge in [-0.1, -0.05) is 218 Å². The zero-order valence-corrected chi connectivity index (χ0v) is 46.6. The van der Waals surface area contributed by atoms with Crippen molar-refractivity contribution in [2.24, 2.45) is 0 Å². The maximum Gasteiger partial charge on any atom is 0.338 e. The van der Waals surface area contributed by atoms with E-state index in [9.17, 15) is 14.4 Å². The normalized spacial score (nSPS) is 23.0. The minimum absolute atomic E-state index is 0.00553. The summed E-state index contributed by atoms with van der Waals surface area (Å²) in [6.07, 6.45) is -14.0. The quantitative estimate of drug-likeness (QED) is 0.0373. The molecular formula is C70H68O14. The van der Waals surface area contributed by atoms with Gasteiger partial charge in [0.1, 0.15) is 42.7 Å². The van der Waals surface area contributed by atoms with Crippen molar-refractivity contribution in [3.8, 4) is 0 Å². The molecular weight excluding hydrogens is 1060 g/mol. The van der Waals surface area contributed by atoms with Gasteiger partial charge < -0.3 is 52.1 Å². The van der Waals surface area contributed by atoms with E-state index >= 15 is 0 Å². The first-order valence-corrected chi connectivity index (χ1v) is 28.2. The first-order chi connectivity index (χ1) is 41.3. The van der Waals surface area contributed by atoms with Gasteiger partial charge in [0, 0.05) is 6.92 Å². The van der Waals surface area contributed by atoms with Crippen molar-refractivity contribution in [1.82, 2.24) is 0 Å². The summed E-state index contributed by atoms with van der Waals surface area (Å²) >= 11 is 0. The van der Waals surface area contributed by atoms with Crippen molar-refractivity contribution < 1.29 is 66.5 Å². The standard InChI is InChI=1S/C70H68O14/c1-49(71)80-65-64(62(78-46-54-34-18-6-19-35-54)61(77-45-53-32-16-5-17-33-53)63(82-68(72)56-38-22-8-23-39-56)66(65)83-69(73)57-40-24-9-25-41-57)84-70-67(79-47-55-36-20-7-21-37-55)60(76-44-52-30-14-4-15-31-52)59(75-43-51-28-12-3-13-29-51)58(81-70)48-74-42-50-26-10-2-11-27-50/h2-41,58-67,70H,42-48H2,1H3/t58-,59+,60+,61-,62-,63-,64+,65-,66-,67-,70-/m1/s1. The Balaban J connectivity index is 1.12. The molecule has 432 valence electrons. The molecule has 0 aromatic heterocycles. The Morgan fingerprint density at radius 3 is 0.976 bits per heavy atom. The molecule has 0 unspecified atom stereocenters. The number of rotatable bonds is 26. The highest BCUT2D eigenvalue weighted by molar-refractivity contribution is 5.90. The molecule has 0 bridgehead atoms. The van der Waals surface area contributed by atoms with Crippen molar-refractivity contribution in [3.63, 3.8) is 0 Å². The van der Waals surface area contributed by atoms with E-state index in [0.29, 0.717) is 0 Å². The van der Waals surface area contributed by atoms with Gasteiger partial charge in [-0.05, 0) is 57.6 Å². The lowest BCUT2D eigenvalue weighted by Gasteiger charge is -2.51. The molecule has 14 nitrogen and oxygen atoms in total. The molecule has 0 amide bonds. The first kappa shape index (κ1) is 59.0. The molecule has 0 radical (unpaired) electrons. The fourth-order valence-electron chi connectivity index (χ4n) is 10.3. The van der Waals surface area contributed by atoms with Gasteiger partial charge in [0.25, 0.3) is 0 Å². The number of carbonyl (C=O) groups is 3. The van der Waals surface area contributed by atoms with E-state index in [4.69, 9.17) is 52.1 Å². The third-order valence-corrected chi connectivity index (χ3v) is 14.5. The zero-order chi connectivity index (χ0) is 57.7. The summed E-state index contributed by atoms with van der Waals surface area (Å²) in [6.45, 7) is 1.81. The minimum Gasteiger partial charge on any atom is -0.456 e.